The average molecular weight is 511 g/mol. The molecule has 0 saturated heterocycles. The van der Waals surface area contributed by atoms with Gasteiger partial charge in [-0.2, -0.15) is 0 Å². The summed E-state index contributed by atoms with van der Waals surface area (Å²) in [5.41, 5.74) is 3.88. The van der Waals surface area contributed by atoms with Gasteiger partial charge in [0.2, 0.25) is 5.91 Å². The van der Waals surface area contributed by atoms with Gasteiger partial charge in [0.1, 0.15) is 12.3 Å². The predicted octanol–water partition coefficient (Wildman–Crippen LogP) is 3.84. The zero-order valence-electron chi connectivity index (χ0n) is 20.5. The van der Waals surface area contributed by atoms with Crippen molar-refractivity contribution in [3.05, 3.63) is 89.0 Å². The molecule has 190 valence electrons. The maximum atomic E-state index is 13.7. The number of ether oxygens (including phenoxy) is 1. The van der Waals surface area contributed by atoms with Gasteiger partial charge in [0, 0.05) is 6.54 Å². The number of aryl methyl sites for hydroxylation is 2. The minimum atomic E-state index is -4.02. The second-order valence-corrected chi connectivity index (χ2v) is 10.2. The first-order chi connectivity index (χ1) is 17.1. The predicted molar refractivity (Wildman–Crippen MR) is 138 cm³/mol. The number of rotatable bonds is 11. The number of benzene rings is 3. The molecule has 8 nitrogen and oxygen atoms in total. The number of aliphatic carboxylic acids is 1. The SMILES string of the molecule is CCc1c(C)cccc1N(CC(=O)NCc1cccc(OCC(=O)O)c1)S(=O)(=O)c1ccc(C)cc1. The second-order valence-electron chi connectivity index (χ2n) is 8.36. The van der Waals surface area contributed by atoms with Crippen LogP contribution in [0.1, 0.15) is 29.2 Å². The van der Waals surface area contributed by atoms with Crippen LogP contribution in [-0.2, 0) is 32.6 Å². The van der Waals surface area contributed by atoms with E-state index >= 15 is 0 Å². The smallest absolute Gasteiger partial charge is 0.341 e. The summed E-state index contributed by atoms with van der Waals surface area (Å²) in [7, 11) is -4.02. The van der Waals surface area contributed by atoms with Crippen molar-refractivity contribution in [3.8, 4) is 5.75 Å². The van der Waals surface area contributed by atoms with E-state index in [-0.39, 0.29) is 11.4 Å². The lowest BCUT2D eigenvalue weighted by Crippen LogP contribution is -2.41. The van der Waals surface area contributed by atoms with Crippen LogP contribution in [0.3, 0.4) is 0 Å². The lowest BCUT2D eigenvalue weighted by molar-refractivity contribution is -0.139. The maximum Gasteiger partial charge on any atom is 0.341 e. The number of carbonyl (C=O) groups excluding carboxylic acids is 1. The van der Waals surface area contributed by atoms with E-state index in [1.165, 1.54) is 0 Å². The Morgan fingerprint density at radius 2 is 1.69 bits per heavy atom. The van der Waals surface area contributed by atoms with Crippen molar-refractivity contribution in [1.29, 1.82) is 0 Å². The molecule has 3 aromatic carbocycles. The fraction of sp³-hybridized carbons (Fsp3) is 0.259. The Morgan fingerprint density at radius 3 is 2.36 bits per heavy atom. The summed E-state index contributed by atoms with van der Waals surface area (Å²) in [6.07, 6.45) is 0.604. The molecular formula is C27H30N2O6S. The first-order valence-corrected chi connectivity index (χ1v) is 12.9. The standard InChI is InChI=1S/C27H30N2O6S/c1-4-24-20(3)7-5-10-25(24)29(36(33,34)23-13-11-19(2)12-14-23)17-26(30)28-16-21-8-6-9-22(15-21)35-18-27(31)32/h5-15H,4,16-18H2,1-3H3,(H,28,30)(H,31,32). The van der Waals surface area contributed by atoms with Crippen LogP contribution in [0.2, 0.25) is 0 Å². The van der Waals surface area contributed by atoms with Crippen molar-refractivity contribution in [3.63, 3.8) is 0 Å². The molecule has 0 aliphatic heterocycles. The largest absolute Gasteiger partial charge is 0.482 e. The van der Waals surface area contributed by atoms with Crippen molar-refractivity contribution in [2.45, 2.75) is 38.6 Å². The number of hydrogen-bond acceptors (Lipinski definition) is 5. The molecule has 0 heterocycles. The van der Waals surface area contributed by atoms with Crippen molar-refractivity contribution < 1.29 is 27.9 Å². The molecule has 0 aliphatic rings. The normalized spacial score (nSPS) is 11.1. The number of sulfonamides is 1. The van der Waals surface area contributed by atoms with Crippen LogP contribution >= 0.6 is 0 Å². The van der Waals surface area contributed by atoms with Crippen molar-refractivity contribution in [2.75, 3.05) is 17.5 Å². The van der Waals surface area contributed by atoms with Gasteiger partial charge in [-0.1, -0.05) is 48.9 Å². The molecule has 0 aromatic heterocycles. The third-order valence-electron chi connectivity index (χ3n) is 5.65. The summed E-state index contributed by atoms with van der Waals surface area (Å²) in [5.74, 6) is -1.21. The molecule has 1 amide bonds. The van der Waals surface area contributed by atoms with Crippen LogP contribution in [-0.4, -0.2) is 38.6 Å². The highest BCUT2D eigenvalue weighted by atomic mass is 32.2. The number of anilines is 1. The third-order valence-corrected chi connectivity index (χ3v) is 7.43. The molecule has 3 rings (SSSR count). The number of carboxylic acid groups (broad SMARTS) is 1. The molecule has 0 aliphatic carbocycles. The highest BCUT2D eigenvalue weighted by Crippen LogP contribution is 2.29. The molecule has 0 bridgehead atoms. The Balaban J connectivity index is 1.85. The molecule has 0 radical (unpaired) electrons. The van der Waals surface area contributed by atoms with Crippen LogP contribution in [0.15, 0.2) is 71.6 Å². The molecular weight excluding hydrogens is 480 g/mol. The first-order valence-electron chi connectivity index (χ1n) is 11.5. The molecule has 0 fully saturated rings. The Kier molecular flexibility index (Phi) is 8.71. The van der Waals surface area contributed by atoms with E-state index in [4.69, 9.17) is 9.84 Å². The maximum absolute atomic E-state index is 13.7. The number of nitrogens with one attached hydrogen (secondary N) is 1. The van der Waals surface area contributed by atoms with E-state index in [9.17, 15) is 18.0 Å². The van der Waals surface area contributed by atoms with E-state index < -0.39 is 35.1 Å². The van der Waals surface area contributed by atoms with Crippen molar-refractivity contribution >= 4 is 27.6 Å². The minimum Gasteiger partial charge on any atom is -0.482 e. The Bertz CT molecular complexity index is 1340. The number of hydrogen-bond donors (Lipinski definition) is 2. The van der Waals surface area contributed by atoms with Crippen LogP contribution < -0.4 is 14.4 Å². The lowest BCUT2D eigenvalue weighted by Gasteiger charge is -2.27. The van der Waals surface area contributed by atoms with Gasteiger partial charge < -0.3 is 15.2 Å². The van der Waals surface area contributed by atoms with E-state index in [1.54, 1.807) is 60.7 Å². The zero-order valence-corrected chi connectivity index (χ0v) is 21.3. The molecule has 9 heteroatoms. The number of amides is 1. The van der Waals surface area contributed by atoms with E-state index in [0.717, 1.165) is 21.0 Å². The van der Waals surface area contributed by atoms with Crippen LogP contribution in [0.5, 0.6) is 5.75 Å². The molecule has 0 atom stereocenters. The Labute approximate surface area is 211 Å². The number of nitrogens with zero attached hydrogens (tertiary/aromatic N) is 1. The monoisotopic (exact) mass is 510 g/mol. The summed E-state index contributed by atoms with van der Waals surface area (Å²) in [4.78, 5) is 23.8. The first kappa shape index (κ1) is 26.7. The topological polar surface area (TPSA) is 113 Å². The van der Waals surface area contributed by atoms with E-state index in [1.807, 2.05) is 26.8 Å². The van der Waals surface area contributed by atoms with Crippen molar-refractivity contribution in [1.82, 2.24) is 5.32 Å². The van der Waals surface area contributed by atoms with Gasteiger partial charge in [0.25, 0.3) is 10.0 Å². The molecule has 36 heavy (non-hydrogen) atoms. The average Bonchev–Trinajstić information content (AvgIpc) is 2.85. The van der Waals surface area contributed by atoms with Crippen LogP contribution in [0.4, 0.5) is 5.69 Å². The zero-order chi connectivity index (χ0) is 26.3. The molecule has 2 N–H and O–H groups in total. The van der Waals surface area contributed by atoms with Crippen LogP contribution in [0.25, 0.3) is 0 Å². The second kappa shape index (κ2) is 11.7. The van der Waals surface area contributed by atoms with Gasteiger partial charge in [-0.3, -0.25) is 9.10 Å². The summed E-state index contributed by atoms with van der Waals surface area (Å²) >= 11 is 0. The quantitative estimate of drug-likeness (QED) is 0.405. The fourth-order valence-corrected chi connectivity index (χ4v) is 5.25. The van der Waals surface area contributed by atoms with E-state index in [0.29, 0.717) is 23.4 Å². The Hall–Kier alpha value is -3.85. The van der Waals surface area contributed by atoms with Gasteiger partial charge in [-0.15, -0.1) is 0 Å². The van der Waals surface area contributed by atoms with Gasteiger partial charge >= 0.3 is 5.97 Å². The molecule has 0 unspecified atom stereocenters. The summed E-state index contributed by atoms with van der Waals surface area (Å²) < 4.78 is 33.7. The van der Waals surface area contributed by atoms with E-state index in [2.05, 4.69) is 5.32 Å². The highest BCUT2D eigenvalue weighted by molar-refractivity contribution is 7.92. The molecule has 0 saturated carbocycles. The molecule has 0 spiro atoms. The minimum absolute atomic E-state index is 0.104. The lowest BCUT2D eigenvalue weighted by atomic mass is 10.0. The van der Waals surface area contributed by atoms with Gasteiger partial charge in [0.05, 0.1) is 10.6 Å². The molecule has 3 aromatic rings. The number of carboxylic acids is 1. The van der Waals surface area contributed by atoms with Gasteiger partial charge in [-0.25, -0.2) is 13.2 Å². The Morgan fingerprint density at radius 1 is 1.00 bits per heavy atom. The number of carbonyl (C=O) groups is 2. The van der Waals surface area contributed by atoms with Crippen molar-refractivity contribution in [2.24, 2.45) is 0 Å². The fourth-order valence-electron chi connectivity index (χ4n) is 3.79. The van der Waals surface area contributed by atoms with Gasteiger partial charge in [0.15, 0.2) is 6.61 Å². The summed E-state index contributed by atoms with van der Waals surface area (Å²) in [6, 6.07) is 18.6. The summed E-state index contributed by atoms with van der Waals surface area (Å²) in [6.45, 7) is 4.98. The summed E-state index contributed by atoms with van der Waals surface area (Å²) in [5, 5.41) is 11.5. The van der Waals surface area contributed by atoms with Crippen LogP contribution in [0, 0.1) is 13.8 Å². The third kappa shape index (κ3) is 6.63. The highest BCUT2D eigenvalue weighted by Gasteiger charge is 2.29. The van der Waals surface area contributed by atoms with Gasteiger partial charge in [-0.05, 0) is 67.3 Å².